The summed E-state index contributed by atoms with van der Waals surface area (Å²) >= 11 is 0. The number of anilines is 3. The van der Waals surface area contributed by atoms with Crippen LogP contribution in [-0.2, 0) is 11.0 Å². The predicted molar refractivity (Wildman–Crippen MR) is 147 cm³/mol. The average Bonchev–Trinajstić information content (AvgIpc) is 3.20. The number of aryl methyl sites for hydroxylation is 2. The standard InChI is InChI=1S/C30H22F3N3O5/c1-15-11-20(12-16(2)26(15)37)36-24-14-19(30(31,32)33)9-10-22(24)25(28(36)39)35-34-23-8-4-7-21(27(23)38)17-5-3-6-18(13-17)29(40)41/h3-14,34,37-38H,1-2H3,(H,40,41). The zero-order valence-corrected chi connectivity index (χ0v) is 21.6. The molecule has 1 heterocycles. The largest absolute Gasteiger partial charge is 0.507 e. The van der Waals surface area contributed by atoms with Crippen molar-refractivity contribution in [3.63, 3.8) is 0 Å². The monoisotopic (exact) mass is 561 g/mol. The number of halogens is 3. The smallest absolute Gasteiger partial charge is 0.416 e. The third kappa shape index (κ3) is 4.93. The first-order chi connectivity index (χ1) is 19.4. The van der Waals surface area contributed by atoms with E-state index in [0.29, 0.717) is 22.3 Å². The lowest BCUT2D eigenvalue weighted by atomic mass is 10.0. The number of aromatic hydroxyl groups is 2. The van der Waals surface area contributed by atoms with Gasteiger partial charge in [0.1, 0.15) is 11.5 Å². The summed E-state index contributed by atoms with van der Waals surface area (Å²) in [5, 5.41) is 34.6. The molecule has 4 aromatic carbocycles. The molecule has 41 heavy (non-hydrogen) atoms. The van der Waals surface area contributed by atoms with Crippen LogP contribution in [0, 0.1) is 13.8 Å². The van der Waals surface area contributed by atoms with Gasteiger partial charge in [-0.15, -0.1) is 0 Å². The summed E-state index contributed by atoms with van der Waals surface area (Å²) < 4.78 is 40.7. The fourth-order valence-corrected chi connectivity index (χ4v) is 4.65. The molecule has 0 saturated carbocycles. The number of nitrogens with zero attached hydrogens (tertiary/aromatic N) is 2. The van der Waals surface area contributed by atoms with E-state index in [4.69, 9.17) is 0 Å². The highest BCUT2D eigenvalue weighted by Crippen LogP contribution is 2.42. The molecule has 0 bridgehead atoms. The third-order valence-corrected chi connectivity index (χ3v) is 6.71. The van der Waals surface area contributed by atoms with Crippen molar-refractivity contribution in [2.24, 2.45) is 5.10 Å². The van der Waals surface area contributed by atoms with E-state index in [9.17, 15) is 38.1 Å². The molecule has 0 aliphatic carbocycles. The van der Waals surface area contributed by atoms with Gasteiger partial charge in [0.2, 0.25) is 0 Å². The summed E-state index contributed by atoms with van der Waals surface area (Å²) in [6.07, 6.45) is -4.66. The van der Waals surface area contributed by atoms with Crippen molar-refractivity contribution in [3.8, 4) is 22.6 Å². The highest BCUT2D eigenvalue weighted by atomic mass is 19.4. The molecular formula is C30H22F3N3O5. The summed E-state index contributed by atoms with van der Waals surface area (Å²) in [5.74, 6) is -2.13. The Hall–Kier alpha value is -5.32. The molecular weight excluding hydrogens is 539 g/mol. The number of benzene rings is 4. The van der Waals surface area contributed by atoms with Crippen LogP contribution in [0.3, 0.4) is 0 Å². The Morgan fingerprint density at radius 2 is 1.56 bits per heavy atom. The van der Waals surface area contributed by atoms with E-state index in [0.717, 1.165) is 23.1 Å². The van der Waals surface area contributed by atoms with Crippen LogP contribution < -0.4 is 10.3 Å². The number of carboxylic acids is 1. The summed E-state index contributed by atoms with van der Waals surface area (Å²) in [5.41, 5.74) is 3.48. The second-order valence-electron chi connectivity index (χ2n) is 9.46. The molecule has 0 saturated heterocycles. The van der Waals surface area contributed by atoms with Crippen molar-refractivity contribution < 1.29 is 38.1 Å². The Bertz CT molecular complexity index is 1740. The molecule has 8 nitrogen and oxygen atoms in total. The van der Waals surface area contributed by atoms with Crippen molar-refractivity contribution in [1.29, 1.82) is 0 Å². The fraction of sp³-hybridized carbons (Fsp3) is 0.100. The van der Waals surface area contributed by atoms with E-state index in [1.165, 1.54) is 36.4 Å². The number of phenols is 2. The van der Waals surface area contributed by atoms with E-state index < -0.39 is 23.6 Å². The van der Waals surface area contributed by atoms with E-state index in [1.54, 1.807) is 32.0 Å². The van der Waals surface area contributed by atoms with Gasteiger partial charge in [-0.05, 0) is 79.1 Å². The number of amides is 1. The number of para-hydroxylation sites is 1. The molecule has 0 radical (unpaired) electrons. The van der Waals surface area contributed by atoms with Crippen molar-refractivity contribution in [3.05, 3.63) is 101 Å². The fourth-order valence-electron chi connectivity index (χ4n) is 4.65. The maximum absolute atomic E-state index is 13.6. The lowest BCUT2D eigenvalue weighted by Gasteiger charge is -2.20. The molecule has 208 valence electrons. The number of carbonyl (C=O) groups excluding carboxylic acids is 1. The van der Waals surface area contributed by atoms with Gasteiger partial charge < -0.3 is 15.3 Å². The van der Waals surface area contributed by atoms with Crippen LogP contribution in [0.5, 0.6) is 11.5 Å². The van der Waals surface area contributed by atoms with Crippen molar-refractivity contribution in [1.82, 2.24) is 0 Å². The van der Waals surface area contributed by atoms with Gasteiger partial charge in [-0.3, -0.25) is 15.1 Å². The maximum Gasteiger partial charge on any atom is 0.416 e. The zero-order chi connectivity index (χ0) is 29.6. The van der Waals surface area contributed by atoms with E-state index in [-0.39, 0.29) is 45.4 Å². The first-order valence-corrected chi connectivity index (χ1v) is 12.2. The third-order valence-electron chi connectivity index (χ3n) is 6.71. The second kappa shape index (κ2) is 10.0. The lowest BCUT2D eigenvalue weighted by Crippen LogP contribution is -2.26. The van der Waals surface area contributed by atoms with E-state index >= 15 is 0 Å². The SMILES string of the molecule is Cc1cc(N2C(=O)C(=NNc3cccc(-c4cccc(C(=O)O)c4)c3O)c3ccc(C(F)(F)F)cc32)cc(C)c1O. The summed E-state index contributed by atoms with van der Waals surface area (Å²) in [6, 6.07) is 16.4. The summed E-state index contributed by atoms with van der Waals surface area (Å²) in [6.45, 7) is 3.22. The van der Waals surface area contributed by atoms with Crippen LogP contribution in [0.1, 0.15) is 32.6 Å². The summed E-state index contributed by atoms with van der Waals surface area (Å²) in [7, 11) is 0. The number of hydrazone groups is 1. The highest BCUT2D eigenvalue weighted by molar-refractivity contribution is 6.55. The number of hydrogen-bond acceptors (Lipinski definition) is 6. The Balaban J connectivity index is 1.58. The van der Waals surface area contributed by atoms with Crippen LogP contribution in [-0.4, -0.2) is 32.9 Å². The number of alkyl halides is 3. The van der Waals surface area contributed by atoms with Crippen LogP contribution in [0.25, 0.3) is 11.1 Å². The van der Waals surface area contributed by atoms with Crippen LogP contribution in [0.2, 0.25) is 0 Å². The molecule has 4 aromatic rings. The molecule has 1 amide bonds. The van der Waals surface area contributed by atoms with Crippen LogP contribution >= 0.6 is 0 Å². The molecule has 0 unspecified atom stereocenters. The first-order valence-electron chi connectivity index (χ1n) is 12.2. The minimum atomic E-state index is -4.66. The molecule has 0 atom stereocenters. The number of phenolic OH excluding ortho intramolecular Hbond substituents is 2. The van der Waals surface area contributed by atoms with Crippen LogP contribution in [0.15, 0.2) is 77.9 Å². The Morgan fingerprint density at radius 1 is 0.878 bits per heavy atom. The second-order valence-corrected chi connectivity index (χ2v) is 9.46. The van der Waals surface area contributed by atoms with Gasteiger partial charge in [0.15, 0.2) is 5.71 Å². The lowest BCUT2D eigenvalue weighted by molar-refractivity contribution is -0.137. The molecule has 0 fully saturated rings. The molecule has 5 rings (SSSR count). The number of aromatic carboxylic acids is 1. The highest BCUT2D eigenvalue weighted by Gasteiger charge is 2.39. The van der Waals surface area contributed by atoms with Gasteiger partial charge in [-0.2, -0.15) is 18.3 Å². The van der Waals surface area contributed by atoms with Crippen molar-refractivity contribution >= 4 is 34.7 Å². The number of fused-ring (bicyclic) bond motifs is 1. The van der Waals surface area contributed by atoms with Gasteiger partial charge in [0.25, 0.3) is 5.91 Å². The first kappa shape index (κ1) is 27.3. The van der Waals surface area contributed by atoms with Gasteiger partial charge >= 0.3 is 12.1 Å². The number of carboxylic acid groups (broad SMARTS) is 1. The molecule has 1 aliphatic rings. The molecule has 1 aliphatic heterocycles. The number of hydrogen-bond donors (Lipinski definition) is 4. The normalized spacial score (nSPS) is 13.9. The number of rotatable bonds is 5. The topological polar surface area (TPSA) is 122 Å². The molecule has 11 heteroatoms. The van der Waals surface area contributed by atoms with Gasteiger partial charge in [-0.1, -0.05) is 24.3 Å². The molecule has 0 spiro atoms. The van der Waals surface area contributed by atoms with Crippen molar-refractivity contribution in [2.45, 2.75) is 20.0 Å². The Labute approximate surface area is 231 Å². The quantitative estimate of drug-likeness (QED) is 0.161. The summed E-state index contributed by atoms with van der Waals surface area (Å²) in [4.78, 5) is 26.1. The van der Waals surface area contributed by atoms with Crippen molar-refractivity contribution in [2.75, 3.05) is 10.3 Å². The van der Waals surface area contributed by atoms with Gasteiger partial charge in [0, 0.05) is 11.1 Å². The van der Waals surface area contributed by atoms with Gasteiger partial charge in [-0.25, -0.2) is 4.79 Å². The Kier molecular flexibility index (Phi) is 6.66. The molecule has 0 aromatic heterocycles. The molecule has 4 N–H and O–H groups in total. The minimum absolute atomic E-state index is 0.00414. The number of carbonyl (C=O) groups is 2. The van der Waals surface area contributed by atoms with E-state index in [1.807, 2.05) is 0 Å². The van der Waals surface area contributed by atoms with Crippen LogP contribution in [0.4, 0.5) is 30.2 Å². The Morgan fingerprint density at radius 3 is 2.22 bits per heavy atom. The predicted octanol–water partition coefficient (Wildman–Crippen LogP) is 6.59. The average molecular weight is 562 g/mol. The van der Waals surface area contributed by atoms with Gasteiger partial charge in [0.05, 0.1) is 28.2 Å². The van der Waals surface area contributed by atoms with E-state index in [2.05, 4.69) is 10.5 Å². The number of nitrogens with one attached hydrogen (secondary N) is 1. The minimum Gasteiger partial charge on any atom is -0.507 e. The zero-order valence-electron chi connectivity index (χ0n) is 21.6. The maximum atomic E-state index is 13.6.